The smallest absolute Gasteiger partial charge is 0.123 e. The van der Waals surface area contributed by atoms with Crippen LogP contribution in [0.4, 0.5) is 10.1 Å². The van der Waals surface area contributed by atoms with Gasteiger partial charge >= 0.3 is 0 Å². The Balaban J connectivity index is 2.24. The van der Waals surface area contributed by atoms with Gasteiger partial charge in [-0.25, -0.2) is 4.39 Å². The Hall–Kier alpha value is -1.09. The van der Waals surface area contributed by atoms with Crippen LogP contribution in [-0.4, -0.2) is 18.6 Å². The fourth-order valence-electron chi connectivity index (χ4n) is 3.15. The van der Waals surface area contributed by atoms with E-state index in [1.165, 1.54) is 12.1 Å². The average Bonchev–Trinajstić information content (AvgIpc) is 2.29. The summed E-state index contributed by atoms with van der Waals surface area (Å²) >= 11 is 0. The normalized spacial score (nSPS) is 27.6. The highest BCUT2D eigenvalue weighted by atomic mass is 19.1. The van der Waals surface area contributed by atoms with Crippen molar-refractivity contribution in [1.29, 1.82) is 0 Å². The second kappa shape index (κ2) is 4.65. The first-order valence-electron chi connectivity index (χ1n) is 6.34. The van der Waals surface area contributed by atoms with Crippen LogP contribution in [0, 0.1) is 11.7 Å². The number of benzene rings is 1. The minimum atomic E-state index is -0.187. The van der Waals surface area contributed by atoms with Gasteiger partial charge in [-0.05, 0) is 49.9 Å². The minimum Gasteiger partial charge on any atom is -0.365 e. The molecule has 1 saturated carbocycles. The van der Waals surface area contributed by atoms with E-state index in [9.17, 15) is 4.39 Å². The highest BCUT2D eigenvalue weighted by molar-refractivity contribution is 5.50. The highest BCUT2D eigenvalue weighted by Crippen LogP contribution is 2.43. The van der Waals surface area contributed by atoms with Gasteiger partial charge in [-0.3, -0.25) is 0 Å². The molecule has 1 fully saturated rings. The van der Waals surface area contributed by atoms with Gasteiger partial charge in [0, 0.05) is 18.8 Å². The van der Waals surface area contributed by atoms with Crippen molar-refractivity contribution in [2.24, 2.45) is 11.7 Å². The van der Waals surface area contributed by atoms with Crippen LogP contribution in [0.15, 0.2) is 24.3 Å². The van der Waals surface area contributed by atoms with E-state index in [0.29, 0.717) is 6.54 Å². The van der Waals surface area contributed by atoms with Gasteiger partial charge in [0.05, 0.1) is 5.54 Å². The zero-order valence-electron chi connectivity index (χ0n) is 10.6. The Bertz CT molecular complexity index is 368. The van der Waals surface area contributed by atoms with E-state index in [1.54, 1.807) is 0 Å². The number of halogens is 1. The van der Waals surface area contributed by atoms with Crippen LogP contribution < -0.4 is 10.6 Å². The van der Waals surface area contributed by atoms with Gasteiger partial charge in [-0.1, -0.05) is 6.92 Å². The van der Waals surface area contributed by atoms with Crippen molar-refractivity contribution in [3.63, 3.8) is 0 Å². The van der Waals surface area contributed by atoms with E-state index < -0.39 is 0 Å². The molecule has 1 aliphatic rings. The molecule has 2 N–H and O–H groups in total. The molecule has 0 heterocycles. The standard InChI is InChI=1S/C14H21FN2/c1-3-17(13-6-4-12(15)5-7-13)14(10-16)8-11(2)9-14/h4-7,11H,3,8-10,16H2,1-2H3. The number of nitrogens with two attached hydrogens (primary N) is 1. The zero-order valence-corrected chi connectivity index (χ0v) is 10.6. The number of nitrogens with zero attached hydrogens (tertiary/aromatic N) is 1. The summed E-state index contributed by atoms with van der Waals surface area (Å²) in [5, 5.41) is 0. The molecule has 94 valence electrons. The van der Waals surface area contributed by atoms with Gasteiger partial charge < -0.3 is 10.6 Å². The van der Waals surface area contributed by atoms with Gasteiger partial charge in [-0.2, -0.15) is 0 Å². The lowest BCUT2D eigenvalue weighted by molar-refractivity contribution is 0.158. The summed E-state index contributed by atoms with van der Waals surface area (Å²) in [7, 11) is 0. The summed E-state index contributed by atoms with van der Waals surface area (Å²) in [6, 6.07) is 6.73. The fraction of sp³-hybridized carbons (Fsp3) is 0.571. The molecule has 1 aliphatic carbocycles. The fourth-order valence-corrected chi connectivity index (χ4v) is 3.15. The number of hydrogen-bond donors (Lipinski definition) is 1. The lowest BCUT2D eigenvalue weighted by Crippen LogP contribution is -2.61. The molecule has 1 aromatic carbocycles. The molecule has 0 amide bonds. The molecule has 17 heavy (non-hydrogen) atoms. The largest absolute Gasteiger partial charge is 0.365 e. The molecule has 0 bridgehead atoms. The van der Waals surface area contributed by atoms with Crippen LogP contribution >= 0.6 is 0 Å². The summed E-state index contributed by atoms with van der Waals surface area (Å²) in [6.07, 6.45) is 2.27. The van der Waals surface area contributed by atoms with Crippen LogP contribution in [0.5, 0.6) is 0 Å². The molecule has 2 rings (SSSR count). The number of hydrogen-bond acceptors (Lipinski definition) is 2. The van der Waals surface area contributed by atoms with E-state index in [0.717, 1.165) is 31.0 Å². The molecule has 0 radical (unpaired) electrons. The number of rotatable bonds is 4. The van der Waals surface area contributed by atoms with E-state index in [1.807, 2.05) is 12.1 Å². The van der Waals surface area contributed by atoms with Gasteiger partial charge in [0.2, 0.25) is 0 Å². The van der Waals surface area contributed by atoms with Gasteiger partial charge in [0.25, 0.3) is 0 Å². The lowest BCUT2D eigenvalue weighted by atomic mass is 9.68. The molecule has 0 aromatic heterocycles. The topological polar surface area (TPSA) is 29.3 Å². The molecule has 0 unspecified atom stereocenters. The van der Waals surface area contributed by atoms with Crippen LogP contribution in [0.25, 0.3) is 0 Å². The molecule has 0 atom stereocenters. The van der Waals surface area contributed by atoms with Gasteiger partial charge in [0.1, 0.15) is 5.82 Å². The first-order chi connectivity index (χ1) is 8.11. The van der Waals surface area contributed by atoms with Gasteiger partial charge in [-0.15, -0.1) is 0 Å². The highest BCUT2D eigenvalue weighted by Gasteiger charge is 2.45. The molecule has 2 nitrogen and oxygen atoms in total. The average molecular weight is 236 g/mol. The van der Waals surface area contributed by atoms with Crippen molar-refractivity contribution in [2.75, 3.05) is 18.0 Å². The van der Waals surface area contributed by atoms with Crippen LogP contribution in [0.3, 0.4) is 0 Å². The maximum Gasteiger partial charge on any atom is 0.123 e. The molecule has 1 aromatic rings. The molecule has 0 saturated heterocycles. The van der Waals surface area contributed by atoms with E-state index in [2.05, 4.69) is 18.7 Å². The Morgan fingerprint density at radius 1 is 1.35 bits per heavy atom. The third-order valence-electron chi connectivity index (χ3n) is 3.86. The minimum absolute atomic E-state index is 0.0893. The van der Waals surface area contributed by atoms with Crippen molar-refractivity contribution in [1.82, 2.24) is 0 Å². The van der Waals surface area contributed by atoms with E-state index >= 15 is 0 Å². The maximum absolute atomic E-state index is 12.9. The molecular formula is C14H21FN2. The number of anilines is 1. The molecular weight excluding hydrogens is 215 g/mol. The summed E-state index contributed by atoms with van der Waals surface area (Å²) in [4.78, 5) is 2.33. The first kappa shape index (κ1) is 12.4. The Labute approximate surface area is 103 Å². The molecule has 3 heteroatoms. The number of likely N-dealkylation sites (N-methyl/N-ethyl adjacent to an activating group) is 1. The third-order valence-corrected chi connectivity index (χ3v) is 3.86. The maximum atomic E-state index is 12.9. The zero-order chi connectivity index (χ0) is 12.5. The molecule has 0 spiro atoms. The van der Waals surface area contributed by atoms with Crippen molar-refractivity contribution in [2.45, 2.75) is 32.2 Å². The van der Waals surface area contributed by atoms with Crippen LogP contribution in [-0.2, 0) is 0 Å². The van der Waals surface area contributed by atoms with Crippen LogP contribution in [0.2, 0.25) is 0 Å². The van der Waals surface area contributed by atoms with Crippen molar-refractivity contribution in [3.8, 4) is 0 Å². The summed E-state index contributed by atoms with van der Waals surface area (Å²) < 4.78 is 12.9. The second-order valence-corrected chi connectivity index (χ2v) is 5.16. The second-order valence-electron chi connectivity index (χ2n) is 5.16. The van der Waals surface area contributed by atoms with Crippen molar-refractivity contribution >= 4 is 5.69 Å². The lowest BCUT2D eigenvalue weighted by Gasteiger charge is -2.54. The predicted octanol–water partition coefficient (Wildman–Crippen LogP) is 2.78. The van der Waals surface area contributed by atoms with Gasteiger partial charge in [0.15, 0.2) is 0 Å². The summed E-state index contributed by atoms with van der Waals surface area (Å²) in [6.45, 7) is 5.97. The summed E-state index contributed by atoms with van der Waals surface area (Å²) in [5.41, 5.74) is 7.12. The first-order valence-corrected chi connectivity index (χ1v) is 6.34. The van der Waals surface area contributed by atoms with Crippen molar-refractivity contribution < 1.29 is 4.39 Å². The quantitative estimate of drug-likeness (QED) is 0.871. The third kappa shape index (κ3) is 2.16. The predicted molar refractivity (Wildman–Crippen MR) is 69.6 cm³/mol. The van der Waals surface area contributed by atoms with E-state index in [4.69, 9.17) is 5.73 Å². The van der Waals surface area contributed by atoms with Crippen LogP contribution in [0.1, 0.15) is 26.7 Å². The van der Waals surface area contributed by atoms with E-state index in [-0.39, 0.29) is 11.4 Å². The molecule has 0 aliphatic heterocycles. The monoisotopic (exact) mass is 236 g/mol. The Kier molecular flexibility index (Phi) is 3.38. The Morgan fingerprint density at radius 3 is 2.35 bits per heavy atom. The summed E-state index contributed by atoms with van der Waals surface area (Å²) in [5.74, 6) is 0.557. The Morgan fingerprint density at radius 2 is 1.94 bits per heavy atom. The van der Waals surface area contributed by atoms with Crippen molar-refractivity contribution in [3.05, 3.63) is 30.1 Å². The SMILES string of the molecule is CCN(c1ccc(F)cc1)C1(CN)CC(C)C1.